The molecule has 0 saturated carbocycles. The van der Waals surface area contributed by atoms with E-state index in [1.54, 1.807) is 0 Å². The number of aromatic nitrogens is 2. The van der Waals surface area contributed by atoms with Crippen LogP contribution < -0.4 is 5.32 Å². The summed E-state index contributed by atoms with van der Waals surface area (Å²) < 4.78 is 0. The van der Waals surface area contributed by atoms with Gasteiger partial charge >= 0.3 is 0 Å². The first kappa shape index (κ1) is 22.6. The molecule has 30 heavy (non-hydrogen) atoms. The van der Waals surface area contributed by atoms with Crippen molar-refractivity contribution >= 4 is 41.0 Å². The molecule has 6 nitrogen and oxygen atoms in total. The number of piperazine rings is 1. The highest BCUT2D eigenvalue weighted by atomic mass is 127. The molecular weight excluding hydrogens is 487 g/mol. The fourth-order valence-corrected chi connectivity index (χ4v) is 3.87. The van der Waals surface area contributed by atoms with Crippen LogP contribution in [0, 0.1) is 0 Å². The molecule has 0 atom stereocenters. The number of fused-ring (bicyclic) bond motifs is 1. The minimum Gasteiger partial charge on any atom is -0.356 e. The number of rotatable bonds is 6. The summed E-state index contributed by atoms with van der Waals surface area (Å²) >= 11 is 0. The molecule has 1 saturated heterocycles. The van der Waals surface area contributed by atoms with Crippen LogP contribution in [-0.4, -0.2) is 65.5 Å². The van der Waals surface area contributed by atoms with Gasteiger partial charge in [0.2, 0.25) is 0 Å². The van der Waals surface area contributed by atoms with E-state index in [0.717, 1.165) is 74.9 Å². The standard InChI is InChI=1S/C23H30N6.HI/c1-24-23(25-13-7-12-22-26-20-10-5-6-11-21(20)27-22)29-16-14-28(15-17-29)18-19-8-3-2-4-9-19;/h2-6,8-11H,7,12-18H2,1H3,(H,24,25)(H,26,27);1H. The Morgan fingerprint density at radius 2 is 1.77 bits per heavy atom. The lowest BCUT2D eigenvalue weighted by atomic mass is 10.2. The molecule has 7 heteroatoms. The summed E-state index contributed by atoms with van der Waals surface area (Å²) in [5.41, 5.74) is 3.54. The second kappa shape index (κ2) is 11.3. The summed E-state index contributed by atoms with van der Waals surface area (Å²) in [5, 5.41) is 3.52. The van der Waals surface area contributed by atoms with E-state index in [1.807, 2.05) is 25.2 Å². The molecule has 1 aromatic heterocycles. The minimum atomic E-state index is 0. The van der Waals surface area contributed by atoms with E-state index in [1.165, 1.54) is 5.56 Å². The predicted molar refractivity (Wildman–Crippen MR) is 134 cm³/mol. The van der Waals surface area contributed by atoms with E-state index in [2.05, 4.69) is 66.5 Å². The molecule has 4 rings (SSSR count). The van der Waals surface area contributed by atoms with Crippen LogP contribution in [0.4, 0.5) is 0 Å². The second-order valence-electron chi connectivity index (χ2n) is 7.53. The van der Waals surface area contributed by atoms with Crippen molar-refractivity contribution in [1.29, 1.82) is 0 Å². The number of imidazole rings is 1. The predicted octanol–water partition coefficient (Wildman–Crippen LogP) is 3.51. The topological polar surface area (TPSA) is 59.6 Å². The summed E-state index contributed by atoms with van der Waals surface area (Å²) in [7, 11) is 1.87. The first-order chi connectivity index (χ1) is 14.3. The molecule has 2 N–H and O–H groups in total. The zero-order valence-corrected chi connectivity index (χ0v) is 19.9. The quantitative estimate of drug-likeness (QED) is 0.227. The number of para-hydroxylation sites is 2. The Kier molecular flexibility index (Phi) is 8.50. The number of H-pyrrole nitrogens is 1. The fraction of sp³-hybridized carbons (Fsp3) is 0.391. The zero-order chi connectivity index (χ0) is 19.9. The maximum Gasteiger partial charge on any atom is 0.193 e. The van der Waals surface area contributed by atoms with E-state index in [9.17, 15) is 0 Å². The van der Waals surface area contributed by atoms with Crippen LogP contribution >= 0.6 is 24.0 Å². The minimum absolute atomic E-state index is 0. The number of hydrogen-bond acceptors (Lipinski definition) is 3. The number of nitrogens with one attached hydrogen (secondary N) is 2. The highest BCUT2D eigenvalue weighted by molar-refractivity contribution is 14.0. The number of nitrogens with zero attached hydrogens (tertiary/aromatic N) is 4. The third-order valence-electron chi connectivity index (χ3n) is 5.44. The third-order valence-corrected chi connectivity index (χ3v) is 5.44. The molecular formula is C23H31IN6. The first-order valence-corrected chi connectivity index (χ1v) is 10.5. The van der Waals surface area contributed by atoms with Gasteiger partial charge in [0, 0.05) is 52.7 Å². The zero-order valence-electron chi connectivity index (χ0n) is 17.6. The first-order valence-electron chi connectivity index (χ1n) is 10.5. The molecule has 0 radical (unpaired) electrons. The van der Waals surface area contributed by atoms with Gasteiger partial charge in [-0.2, -0.15) is 0 Å². The summed E-state index contributed by atoms with van der Waals surface area (Å²) in [6.45, 7) is 6.07. The highest BCUT2D eigenvalue weighted by Gasteiger charge is 2.19. The van der Waals surface area contributed by atoms with Crippen LogP contribution in [-0.2, 0) is 13.0 Å². The molecule has 1 aliphatic heterocycles. The van der Waals surface area contributed by atoms with Gasteiger partial charge in [-0.05, 0) is 24.1 Å². The van der Waals surface area contributed by atoms with Gasteiger partial charge in [0.1, 0.15) is 5.82 Å². The Hall–Kier alpha value is -2.13. The van der Waals surface area contributed by atoms with Crippen LogP contribution in [0.2, 0.25) is 0 Å². The molecule has 1 fully saturated rings. The molecule has 2 aromatic carbocycles. The van der Waals surface area contributed by atoms with Crippen molar-refractivity contribution in [3.63, 3.8) is 0 Å². The largest absolute Gasteiger partial charge is 0.356 e. The summed E-state index contributed by atoms with van der Waals surface area (Å²) in [6, 6.07) is 18.9. The lowest BCUT2D eigenvalue weighted by Gasteiger charge is -2.36. The normalized spacial score (nSPS) is 15.2. The number of guanidine groups is 1. The summed E-state index contributed by atoms with van der Waals surface area (Å²) in [5.74, 6) is 2.06. The lowest BCUT2D eigenvalue weighted by Crippen LogP contribution is -2.52. The smallest absolute Gasteiger partial charge is 0.193 e. The molecule has 3 aromatic rings. The molecule has 0 unspecified atom stereocenters. The maximum absolute atomic E-state index is 4.65. The number of benzene rings is 2. The molecule has 0 amide bonds. The molecule has 0 bridgehead atoms. The summed E-state index contributed by atoms with van der Waals surface area (Å²) in [6.07, 6.45) is 1.95. The van der Waals surface area contributed by atoms with Gasteiger partial charge in [-0.3, -0.25) is 9.89 Å². The van der Waals surface area contributed by atoms with Crippen molar-refractivity contribution in [2.24, 2.45) is 4.99 Å². The van der Waals surface area contributed by atoms with Crippen molar-refractivity contribution < 1.29 is 0 Å². The monoisotopic (exact) mass is 518 g/mol. The number of aromatic amines is 1. The van der Waals surface area contributed by atoms with Gasteiger partial charge in [0.15, 0.2) is 5.96 Å². The van der Waals surface area contributed by atoms with Crippen LogP contribution in [0.5, 0.6) is 0 Å². The van der Waals surface area contributed by atoms with E-state index in [4.69, 9.17) is 0 Å². The van der Waals surface area contributed by atoms with E-state index < -0.39 is 0 Å². The van der Waals surface area contributed by atoms with Crippen LogP contribution in [0.3, 0.4) is 0 Å². The number of hydrogen-bond donors (Lipinski definition) is 2. The molecule has 1 aliphatic rings. The van der Waals surface area contributed by atoms with Crippen LogP contribution in [0.25, 0.3) is 11.0 Å². The maximum atomic E-state index is 4.65. The number of halogens is 1. The van der Waals surface area contributed by atoms with Crippen molar-refractivity contribution in [3.05, 3.63) is 66.0 Å². The molecule has 160 valence electrons. The van der Waals surface area contributed by atoms with Crippen molar-refractivity contribution in [1.82, 2.24) is 25.1 Å². The van der Waals surface area contributed by atoms with Crippen molar-refractivity contribution in [3.8, 4) is 0 Å². The number of aliphatic imine (C=N–C) groups is 1. The van der Waals surface area contributed by atoms with Gasteiger partial charge < -0.3 is 15.2 Å². The SMILES string of the molecule is CN=C(NCCCc1nc2ccccc2[nH]1)N1CCN(Cc2ccccc2)CC1.I. The average Bonchev–Trinajstić information content (AvgIpc) is 3.18. The molecule has 0 aliphatic carbocycles. The Labute approximate surface area is 195 Å². The van der Waals surface area contributed by atoms with Crippen molar-refractivity contribution in [2.45, 2.75) is 19.4 Å². The van der Waals surface area contributed by atoms with Crippen molar-refractivity contribution in [2.75, 3.05) is 39.8 Å². The number of aryl methyl sites for hydroxylation is 1. The average molecular weight is 518 g/mol. The van der Waals surface area contributed by atoms with E-state index >= 15 is 0 Å². The van der Waals surface area contributed by atoms with E-state index in [-0.39, 0.29) is 24.0 Å². The summed E-state index contributed by atoms with van der Waals surface area (Å²) in [4.78, 5) is 17.4. The Morgan fingerprint density at radius 3 is 2.50 bits per heavy atom. The molecule has 2 heterocycles. The highest BCUT2D eigenvalue weighted by Crippen LogP contribution is 2.11. The van der Waals surface area contributed by atoms with Gasteiger partial charge in [-0.15, -0.1) is 24.0 Å². The molecule has 0 spiro atoms. The van der Waals surface area contributed by atoms with E-state index in [0.29, 0.717) is 0 Å². The second-order valence-corrected chi connectivity index (χ2v) is 7.53. The van der Waals surface area contributed by atoms with Gasteiger partial charge in [-0.1, -0.05) is 42.5 Å². The van der Waals surface area contributed by atoms with Gasteiger partial charge in [0.05, 0.1) is 11.0 Å². The van der Waals surface area contributed by atoms with Gasteiger partial charge in [0.25, 0.3) is 0 Å². The Morgan fingerprint density at radius 1 is 1.03 bits per heavy atom. The Balaban J connectivity index is 0.00000256. The van der Waals surface area contributed by atoms with Crippen LogP contribution in [0.1, 0.15) is 17.8 Å². The van der Waals surface area contributed by atoms with Crippen LogP contribution in [0.15, 0.2) is 59.6 Å². The fourth-order valence-electron chi connectivity index (χ4n) is 3.87. The third kappa shape index (κ3) is 5.95. The van der Waals surface area contributed by atoms with Gasteiger partial charge in [-0.25, -0.2) is 4.98 Å². The Bertz CT molecular complexity index is 898. The lowest BCUT2D eigenvalue weighted by molar-refractivity contribution is 0.172.